The van der Waals surface area contributed by atoms with Crippen LogP contribution in [0.3, 0.4) is 0 Å². The van der Waals surface area contributed by atoms with Crippen LogP contribution in [0, 0.1) is 11.6 Å². The molecule has 2 amide bonds. The molecule has 2 fully saturated rings. The van der Waals surface area contributed by atoms with Crippen molar-refractivity contribution in [3.05, 3.63) is 59.4 Å². The van der Waals surface area contributed by atoms with Gasteiger partial charge >= 0.3 is 5.90 Å². The van der Waals surface area contributed by atoms with Crippen molar-refractivity contribution in [1.29, 1.82) is 0 Å². The molecular formula is C21H21F2N6O3+. The number of rotatable bonds is 4. The maximum Gasteiger partial charge on any atom is 0.376 e. The zero-order valence-electron chi connectivity index (χ0n) is 16.9. The van der Waals surface area contributed by atoms with E-state index in [0.717, 1.165) is 0 Å². The molecule has 1 atom stereocenters. The molecule has 32 heavy (non-hydrogen) atoms. The summed E-state index contributed by atoms with van der Waals surface area (Å²) in [5.41, 5.74) is 6.34. The van der Waals surface area contributed by atoms with Crippen LogP contribution in [0.15, 0.2) is 41.7 Å². The fraction of sp³-hybridized carbons (Fsp3) is 0.286. The number of halogens is 2. The Morgan fingerprint density at radius 3 is 2.62 bits per heavy atom. The number of imide groups is 1. The first-order valence-electron chi connectivity index (χ1n) is 9.93. The predicted molar refractivity (Wildman–Crippen MR) is 110 cm³/mol. The number of benzene rings is 1. The van der Waals surface area contributed by atoms with Crippen molar-refractivity contribution in [2.45, 2.75) is 24.8 Å². The van der Waals surface area contributed by atoms with Crippen LogP contribution < -0.4 is 21.4 Å². The van der Waals surface area contributed by atoms with E-state index < -0.39 is 29.4 Å². The lowest BCUT2D eigenvalue weighted by atomic mass is 9.89. The van der Waals surface area contributed by atoms with E-state index in [9.17, 15) is 18.4 Å². The Hall–Kier alpha value is -3.89. The van der Waals surface area contributed by atoms with Crippen LogP contribution in [-0.2, 0) is 14.3 Å². The predicted octanol–water partition coefficient (Wildman–Crippen LogP) is -0.394. The van der Waals surface area contributed by atoms with E-state index in [0.29, 0.717) is 24.3 Å². The van der Waals surface area contributed by atoms with Crippen LogP contribution in [0.2, 0.25) is 0 Å². The van der Waals surface area contributed by atoms with Gasteiger partial charge in [0.05, 0.1) is 12.0 Å². The Labute approximate surface area is 181 Å². The van der Waals surface area contributed by atoms with Crippen LogP contribution in [0.4, 0.5) is 14.5 Å². The smallest absolute Gasteiger partial charge is 0.371 e. The van der Waals surface area contributed by atoms with Crippen molar-refractivity contribution in [3.8, 4) is 0 Å². The number of carbonyl (C=O) groups excluding carboxylic acids is 2. The van der Waals surface area contributed by atoms with Gasteiger partial charge in [0.1, 0.15) is 17.2 Å². The summed E-state index contributed by atoms with van der Waals surface area (Å²) in [7, 11) is 0. The number of nitrogens with one attached hydrogen (secondary N) is 1. The minimum Gasteiger partial charge on any atom is -0.371 e. The molecule has 0 saturated carbocycles. The summed E-state index contributed by atoms with van der Waals surface area (Å²) in [4.78, 5) is 33.1. The lowest BCUT2D eigenvalue weighted by Gasteiger charge is -2.39. The van der Waals surface area contributed by atoms with E-state index in [-0.39, 0.29) is 36.4 Å². The summed E-state index contributed by atoms with van der Waals surface area (Å²) < 4.78 is 34.7. The zero-order valence-corrected chi connectivity index (χ0v) is 16.9. The molecule has 4 rings (SSSR count). The quantitative estimate of drug-likeness (QED) is 0.335. The summed E-state index contributed by atoms with van der Waals surface area (Å²) in [6.07, 6.45) is 3.22. The second-order valence-electron chi connectivity index (χ2n) is 7.56. The van der Waals surface area contributed by atoms with Gasteiger partial charge in [0.25, 0.3) is 6.02 Å². The second-order valence-corrected chi connectivity index (χ2v) is 7.56. The molecule has 2 aliphatic heterocycles. The van der Waals surface area contributed by atoms with E-state index in [1.165, 1.54) is 18.3 Å². The first-order chi connectivity index (χ1) is 15.3. The number of amidine groups is 1. The summed E-state index contributed by atoms with van der Waals surface area (Å²) in [6, 6.07) is 5.40. The van der Waals surface area contributed by atoms with E-state index >= 15 is 0 Å². The number of aliphatic imine (C=N–C) groups is 1. The average molecular weight is 443 g/mol. The molecule has 166 valence electrons. The van der Waals surface area contributed by atoms with Crippen LogP contribution in [0.1, 0.15) is 29.9 Å². The van der Waals surface area contributed by atoms with Crippen molar-refractivity contribution in [2.24, 2.45) is 10.7 Å². The van der Waals surface area contributed by atoms with Gasteiger partial charge in [0.15, 0.2) is 0 Å². The highest BCUT2D eigenvalue weighted by atomic mass is 19.1. The van der Waals surface area contributed by atoms with Crippen LogP contribution in [-0.4, -0.2) is 47.8 Å². The first-order valence-corrected chi connectivity index (χ1v) is 9.93. The molecule has 11 heteroatoms. The van der Waals surface area contributed by atoms with Crippen molar-refractivity contribution in [3.63, 3.8) is 0 Å². The monoisotopic (exact) mass is 443 g/mol. The summed E-state index contributed by atoms with van der Waals surface area (Å²) in [5.74, 6) is -3.77. The fourth-order valence-electron chi connectivity index (χ4n) is 3.69. The van der Waals surface area contributed by atoms with Gasteiger partial charge in [-0.05, 0) is 30.7 Å². The topological polar surface area (TPSA) is 136 Å². The molecular weight excluding hydrogens is 422 g/mol. The lowest BCUT2D eigenvalue weighted by molar-refractivity contribution is -0.134. The molecule has 2 aromatic rings. The van der Waals surface area contributed by atoms with Crippen molar-refractivity contribution >= 4 is 29.4 Å². The molecule has 1 unspecified atom stereocenters. The molecule has 0 bridgehead atoms. The van der Waals surface area contributed by atoms with Gasteiger partial charge in [-0.25, -0.2) is 19.2 Å². The number of ether oxygens (including phenoxy) is 1. The van der Waals surface area contributed by atoms with Gasteiger partial charge in [0.2, 0.25) is 11.8 Å². The number of hydrogen-bond acceptors (Lipinski definition) is 6. The fourth-order valence-corrected chi connectivity index (χ4v) is 3.69. The van der Waals surface area contributed by atoms with Crippen molar-refractivity contribution < 1.29 is 28.5 Å². The minimum absolute atomic E-state index is 0.0368. The molecule has 9 nitrogen and oxygen atoms in total. The largest absolute Gasteiger partial charge is 0.376 e. The maximum atomic E-state index is 14.7. The van der Waals surface area contributed by atoms with Gasteiger partial charge in [0, 0.05) is 43.2 Å². The Morgan fingerprint density at radius 1 is 1.28 bits per heavy atom. The third-order valence-corrected chi connectivity index (χ3v) is 5.35. The number of hydrogen-bond donors (Lipinski definition) is 3. The van der Waals surface area contributed by atoms with Crippen LogP contribution >= 0.6 is 0 Å². The normalized spacial score (nSPS) is 19.4. The van der Waals surface area contributed by atoms with Crippen LogP contribution in [0.5, 0.6) is 0 Å². The Morgan fingerprint density at radius 2 is 2.00 bits per heavy atom. The third-order valence-electron chi connectivity index (χ3n) is 5.35. The molecule has 2 saturated heterocycles. The number of anilines is 1. The number of amides is 2. The van der Waals surface area contributed by atoms with E-state index in [1.807, 2.05) is 0 Å². The highest BCUT2D eigenvalue weighted by Gasteiger charge is 2.34. The van der Waals surface area contributed by atoms with Crippen molar-refractivity contribution in [1.82, 2.24) is 10.3 Å². The Bertz CT molecular complexity index is 1080. The molecule has 0 spiro atoms. The average Bonchev–Trinajstić information content (AvgIpc) is 2.72. The number of nitrogens with zero attached hydrogens (tertiary/aromatic N) is 3. The molecule has 0 aliphatic carbocycles. The highest BCUT2D eigenvalue weighted by Crippen LogP contribution is 2.33. The number of piperidine rings is 1. The summed E-state index contributed by atoms with van der Waals surface area (Å²) in [6.45, 7) is 0.737. The number of nitrogens with two attached hydrogens (primary N) is 2. The van der Waals surface area contributed by atoms with E-state index in [2.05, 4.69) is 15.3 Å². The summed E-state index contributed by atoms with van der Waals surface area (Å²) in [5, 5.41) is 7.94. The molecule has 2 aliphatic rings. The van der Waals surface area contributed by atoms with Gasteiger partial charge in [-0.3, -0.25) is 19.9 Å². The van der Waals surface area contributed by atoms with Crippen LogP contribution in [0.25, 0.3) is 0 Å². The van der Waals surface area contributed by atoms with E-state index in [4.69, 9.17) is 15.9 Å². The molecule has 0 radical (unpaired) electrons. The Kier molecular flexibility index (Phi) is 5.80. The maximum absolute atomic E-state index is 14.7. The molecule has 1 aromatic heterocycles. The van der Waals surface area contributed by atoms with E-state index in [1.54, 1.807) is 23.2 Å². The van der Waals surface area contributed by atoms with Gasteiger partial charge in [-0.15, -0.1) is 0 Å². The van der Waals surface area contributed by atoms with Gasteiger partial charge in [-0.2, -0.15) is 0 Å². The standard InChI is InChI=1S/C21H20F2N6O3/c22-15-6-13(7-16(23)18(15)14-3-4-17(30)28-20(14)31)29-9-12(10-29)27-21(25)32-19(24)11-2-1-5-26-8-11/h1-2,5-8,12,14,24H,3-4,9-10H2,(H2,25,27)(H,28,30,31)/p+1. The SMILES string of the molecule is NC(=NC1CN(c2cc(F)c(C3CCC(=O)NC3=O)c(F)c2)C1)OC(=[NH2+])c1cccnc1. The first kappa shape index (κ1) is 21.3. The Balaban J connectivity index is 1.38. The third kappa shape index (κ3) is 4.41. The summed E-state index contributed by atoms with van der Waals surface area (Å²) >= 11 is 0. The second kappa shape index (κ2) is 8.69. The van der Waals surface area contributed by atoms with Gasteiger partial charge in [-0.1, -0.05) is 0 Å². The zero-order chi connectivity index (χ0) is 22.8. The molecule has 5 N–H and O–H groups in total. The number of carbonyl (C=O) groups is 2. The minimum atomic E-state index is -1.03. The van der Waals surface area contributed by atoms with Gasteiger partial charge < -0.3 is 15.4 Å². The highest BCUT2D eigenvalue weighted by molar-refractivity contribution is 6.01. The molecule has 1 aromatic carbocycles. The number of pyridine rings is 1. The molecule has 3 heterocycles. The van der Waals surface area contributed by atoms with Crippen molar-refractivity contribution in [2.75, 3.05) is 18.0 Å². The lowest BCUT2D eigenvalue weighted by Crippen LogP contribution is -2.51. The number of aromatic nitrogens is 1.